The van der Waals surface area contributed by atoms with E-state index in [4.69, 9.17) is 9.29 Å². The molecule has 0 aromatic carbocycles. The van der Waals surface area contributed by atoms with Crippen LogP contribution in [0.5, 0.6) is 0 Å². The zero-order valence-corrected chi connectivity index (χ0v) is 15.4. The topological polar surface area (TPSA) is 104 Å². The van der Waals surface area contributed by atoms with E-state index in [0.29, 0.717) is 38.9 Å². The molecule has 0 spiro atoms. The Labute approximate surface area is 143 Å². The second-order valence-electron chi connectivity index (χ2n) is 6.04. The lowest BCUT2D eigenvalue weighted by Crippen LogP contribution is -2.29. The van der Waals surface area contributed by atoms with Crippen LogP contribution in [-0.2, 0) is 23.9 Å². The van der Waals surface area contributed by atoms with Gasteiger partial charge in [-0.25, -0.2) is 0 Å². The number of carbonyl (C=O) groups is 2. The number of aliphatic hydroxyl groups excluding tert-OH is 1. The molecule has 0 aliphatic carbocycles. The Morgan fingerprint density at radius 3 is 1.96 bits per heavy atom. The average molecular weight is 364 g/mol. The molecule has 2 fully saturated rings. The van der Waals surface area contributed by atoms with Gasteiger partial charge in [0, 0.05) is 39.0 Å². The van der Waals surface area contributed by atoms with Crippen LogP contribution in [0.25, 0.3) is 0 Å². The van der Waals surface area contributed by atoms with Gasteiger partial charge in [-0.3, -0.25) is 13.8 Å². The van der Waals surface area contributed by atoms with Gasteiger partial charge < -0.3 is 14.9 Å². The second-order valence-corrected chi connectivity index (χ2v) is 7.64. The summed E-state index contributed by atoms with van der Waals surface area (Å²) in [7, 11) is -3.40. The fourth-order valence-corrected chi connectivity index (χ4v) is 3.35. The van der Waals surface area contributed by atoms with Crippen LogP contribution < -0.4 is 0 Å². The fourth-order valence-electron chi connectivity index (χ4n) is 2.70. The molecule has 2 saturated heterocycles. The highest BCUT2D eigenvalue weighted by Gasteiger charge is 2.28. The van der Waals surface area contributed by atoms with Gasteiger partial charge in [0.05, 0.1) is 18.5 Å². The molecule has 2 amide bonds. The Morgan fingerprint density at radius 1 is 1.04 bits per heavy atom. The van der Waals surface area contributed by atoms with E-state index in [0.717, 1.165) is 19.2 Å². The van der Waals surface area contributed by atoms with E-state index in [1.165, 1.54) is 0 Å². The van der Waals surface area contributed by atoms with Crippen LogP contribution in [0.15, 0.2) is 0 Å². The molecule has 0 aromatic rings. The summed E-state index contributed by atoms with van der Waals surface area (Å²) in [4.78, 5) is 25.6. The first-order valence-electron chi connectivity index (χ1n) is 8.28. The van der Waals surface area contributed by atoms with Gasteiger partial charge >= 0.3 is 0 Å². The van der Waals surface area contributed by atoms with Crippen molar-refractivity contribution in [1.82, 2.24) is 9.80 Å². The minimum Gasteiger partial charge on any atom is -0.391 e. The predicted octanol–water partition coefficient (Wildman–Crippen LogP) is -0.0369. The first-order valence-corrected chi connectivity index (χ1v) is 10.1. The summed E-state index contributed by atoms with van der Waals surface area (Å²) in [6.45, 7) is 5.87. The monoisotopic (exact) mass is 364 g/mol. The summed E-state index contributed by atoms with van der Waals surface area (Å²) in [5.41, 5.74) is 0. The quantitative estimate of drug-likeness (QED) is 0.702. The highest BCUT2D eigenvalue weighted by Crippen LogP contribution is 2.15. The van der Waals surface area contributed by atoms with Crippen LogP contribution in [0.4, 0.5) is 0 Å². The summed E-state index contributed by atoms with van der Waals surface area (Å²) >= 11 is 0. The number of rotatable bonds is 4. The first kappa shape index (κ1) is 20.9. The number of β-amino-alcohol motifs (C(OH)–C–C–N with tert-alkyl or cyclic N) is 1. The van der Waals surface area contributed by atoms with Crippen LogP contribution >= 0.6 is 0 Å². The minimum atomic E-state index is -3.40. The van der Waals surface area contributed by atoms with Gasteiger partial charge in [0.1, 0.15) is 0 Å². The van der Waals surface area contributed by atoms with E-state index >= 15 is 0 Å². The number of likely N-dealkylation sites (tertiary alicyclic amines) is 2. The van der Waals surface area contributed by atoms with Crippen molar-refractivity contribution in [1.29, 1.82) is 0 Å². The molecule has 0 unspecified atom stereocenters. The summed E-state index contributed by atoms with van der Waals surface area (Å²) in [5.74, 6) is 0.196. The summed E-state index contributed by atoms with van der Waals surface area (Å²) in [6, 6.07) is 0. The third-order valence-electron chi connectivity index (χ3n) is 3.93. The minimum absolute atomic E-state index is 0.0459. The van der Waals surface area contributed by atoms with E-state index in [2.05, 4.69) is 0 Å². The maximum atomic E-state index is 11.2. The highest BCUT2D eigenvalue weighted by molar-refractivity contribution is 7.86. The number of hydrogen-bond acceptors (Lipinski definition) is 6. The van der Waals surface area contributed by atoms with Gasteiger partial charge in [-0.05, 0) is 12.8 Å². The predicted molar refractivity (Wildman–Crippen MR) is 88.7 cm³/mol. The third kappa shape index (κ3) is 7.14. The molecule has 2 atom stereocenters. The molecular formula is C15H28N2O6S. The van der Waals surface area contributed by atoms with Gasteiger partial charge in [-0.2, -0.15) is 8.42 Å². The van der Waals surface area contributed by atoms with E-state index in [-0.39, 0.29) is 24.0 Å². The zero-order chi connectivity index (χ0) is 18.3. The van der Waals surface area contributed by atoms with Gasteiger partial charge in [0.15, 0.2) is 0 Å². The van der Waals surface area contributed by atoms with Crippen molar-refractivity contribution in [2.45, 2.75) is 51.7 Å². The van der Waals surface area contributed by atoms with Crippen molar-refractivity contribution in [2.75, 3.05) is 32.4 Å². The molecule has 140 valence electrons. The maximum absolute atomic E-state index is 11.2. The summed E-state index contributed by atoms with van der Waals surface area (Å²) in [5, 5.41) is 9.05. The third-order valence-corrected chi connectivity index (χ3v) is 4.55. The molecule has 0 radical (unpaired) electrons. The Balaban J connectivity index is 0.000000254. The Morgan fingerprint density at radius 2 is 1.54 bits per heavy atom. The van der Waals surface area contributed by atoms with Gasteiger partial charge in [-0.1, -0.05) is 13.8 Å². The molecule has 8 nitrogen and oxygen atoms in total. The Bertz CT molecular complexity index is 536. The zero-order valence-electron chi connectivity index (χ0n) is 14.6. The Kier molecular flexibility index (Phi) is 8.11. The number of amides is 2. The van der Waals surface area contributed by atoms with Crippen molar-refractivity contribution in [2.24, 2.45) is 0 Å². The standard InChI is InChI=1S/C8H15NO4S.C7H13NO2/c1-3-8(10)9-5-4-7(6-9)13-14(2,11)12;1-2-7(10)8-4-3-6(9)5-8/h7H,3-6H2,1-2H3;6,9H,2-5H2,1H3/t7-;6-/m11/s1. The molecule has 2 rings (SSSR count). The average Bonchev–Trinajstić information content (AvgIpc) is 3.14. The Hall–Kier alpha value is -1.19. The number of hydrogen-bond donors (Lipinski definition) is 1. The molecule has 0 saturated carbocycles. The second kappa shape index (κ2) is 9.33. The van der Waals surface area contributed by atoms with Crippen LogP contribution in [0.1, 0.15) is 39.5 Å². The van der Waals surface area contributed by atoms with E-state index in [1.54, 1.807) is 16.7 Å². The maximum Gasteiger partial charge on any atom is 0.264 e. The lowest BCUT2D eigenvalue weighted by Gasteiger charge is -2.14. The molecule has 1 N–H and O–H groups in total. The largest absolute Gasteiger partial charge is 0.391 e. The van der Waals surface area contributed by atoms with Crippen molar-refractivity contribution in [3.63, 3.8) is 0 Å². The van der Waals surface area contributed by atoms with Gasteiger partial charge in [0.2, 0.25) is 11.8 Å². The fraction of sp³-hybridized carbons (Fsp3) is 0.867. The molecule has 2 aliphatic heterocycles. The number of carbonyl (C=O) groups excluding carboxylic acids is 2. The SMILES string of the molecule is CCC(=O)N1CC[C@@H](O)C1.CCC(=O)N1CC[C@@H](OS(C)(=O)=O)C1. The molecule has 9 heteroatoms. The molecule has 0 aromatic heterocycles. The molecule has 2 heterocycles. The molecule has 0 bridgehead atoms. The lowest BCUT2D eigenvalue weighted by molar-refractivity contribution is -0.130. The van der Waals surface area contributed by atoms with Crippen LogP contribution in [0.2, 0.25) is 0 Å². The molecule has 2 aliphatic rings. The van der Waals surface area contributed by atoms with Crippen LogP contribution in [0, 0.1) is 0 Å². The normalized spacial score (nSPS) is 23.8. The van der Waals surface area contributed by atoms with Crippen molar-refractivity contribution in [3.8, 4) is 0 Å². The van der Waals surface area contributed by atoms with E-state index in [9.17, 15) is 18.0 Å². The van der Waals surface area contributed by atoms with Gasteiger partial charge in [-0.15, -0.1) is 0 Å². The lowest BCUT2D eigenvalue weighted by atomic mass is 10.3. The molecular weight excluding hydrogens is 336 g/mol. The van der Waals surface area contributed by atoms with Crippen molar-refractivity contribution >= 4 is 21.9 Å². The first-order chi connectivity index (χ1) is 11.2. The van der Waals surface area contributed by atoms with E-state index < -0.39 is 10.1 Å². The highest BCUT2D eigenvalue weighted by atomic mass is 32.2. The number of aliphatic hydroxyl groups is 1. The van der Waals surface area contributed by atoms with E-state index in [1.807, 2.05) is 6.92 Å². The summed E-state index contributed by atoms with van der Waals surface area (Å²) < 4.78 is 26.4. The number of nitrogens with zero attached hydrogens (tertiary/aromatic N) is 2. The van der Waals surface area contributed by atoms with Crippen LogP contribution in [-0.4, -0.2) is 79.8 Å². The van der Waals surface area contributed by atoms with Crippen molar-refractivity contribution in [3.05, 3.63) is 0 Å². The summed E-state index contributed by atoms with van der Waals surface area (Å²) in [6.07, 6.45) is 2.72. The smallest absolute Gasteiger partial charge is 0.264 e. The van der Waals surface area contributed by atoms with Crippen LogP contribution in [0.3, 0.4) is 0 Å². The van der Waals surface area contributed by atoms with Crippen molar-refractivity contribution < 1.29 is 27.3 Å². The molecule has 24 heavy (non-hydrogen) atoms. The van der Waals surface area contributed by atoms with Gasteiger partial charge in [0.25, 0.3) is 10.1 Å².